The molecule has 0 saturated carbocycles. The Morgan fingerprint density at radius 2 is 2.33 bits per heavy atom. The number of pyridine rings is 1. The number of allylic oxidation sites excluding steroid dienone is 1. The summed E-state index contributed by atoms with van der Waals surface area (Å²) in [5.74, 6) is -0.527. The number of hydrogen-bond acceptors (Lipinski definition) is 3. The molecule has 3 nitrogen and oxygen atoms in total. The molecular weight excluding hydrogens is 308 g/mol. The Labute approximate surface area is 101 Å². The fourth-order valence-corrected chi connectivity index (χ4v) is 1.42. The molecule has 0 saturated heterocycles. The lowest BCUT2D eigenvalue weighted by Gasteiger charge is -1.99. The van der Waals surface area contributed by atoms with Gasteiger partial charge in [-0.3, -0.25) is 4.99 Å². The molecule has 2 N–H and O–H groups in total. The molecule has 1 rings (SSSR count). The van der Waals surface area contributed by atoms with Gasteiger partial charge in [-0.25, -0.2) is 4.98 Å². The summed E-state index contributed by atoms with van der Waals surface area (Å²) in [5.41, 5.74) is 6.90. The van der Waals surface area contributed by atoms with Crippen molar-refractivity contribution in [3.63, 3.8) is 0 Å². The first kappa shape index (κ1) is 11.8. The number of nitrogens with two attached hydrogens (primary N) is 1. The van der Waals surface area contributed by atoms with E-state index in [9.17, 15) is 4.39 Å². The average molecular weight is 317 g/mol. The molecule has 0 atom stereocenters. The Hall–Kier alpha value is -1.24. The summed E-state index contributed by atoms with van der Waals surface area (Å²) in [7, 11) is 0. The van der Waals surface area contributed by atoms with E-state index >= 15 is 0 Å². The molecular formula is C10H9FIN3. The Balaban J connectivity index is 2.93. The summed E-state index contributed by atoms with van der Waals surface area (Å²) in [6, 6.07) is 2.82. The molecule has 0 fully saturated rings. The highest BCUT2D eigenvalue weighted by atomic mass is 127. The minimum absolute atomic E-state index is 0.484. The van der Waals surface area contributed by atoms with E-state index in [0.717, 1.165) is 0 Å². The van der Waals surface area contributed by atoms with Gasteiger partial charge < -0.3 is 5.73 Å². The molecule has 1 aromatic rings. The van der Waals surface area contributed by atoms with E-state index in [2.05, 4.69) is 16.6 Å². The highest BCUT2D eigenvalue weighted by molar-refractivity contribution is 14.1. The van der Waals surface area contributed by atoms with Crippen LogP contribution in [-0.2, 0) is 0 Å². The van der Waals surface area contributed by atoms with Gasteiger partial charge in [0.2, 0.25) is 5.95 Å². The fraction of sp³-hybridized carbons (Fsp3) is 0. The van der Waals surface area contributed by atoms with Gasteiger partial charge in [0.05, 0.1) is 0 Å². The molecule has 0 aliphatic carbocycles. The van der Waals surface area contributed by atoms with Gasteiger partial charge in [-0.05, 0) is 40.8 Å². The smallest absolute Gasteiger partial charge is 0.212 e. The molecule has 0 aliphatic heterocycles. The molecule has 0 aromatic carbocycles. The van der Waals surface area contributed by atoms with Gasteiger partial charge in [-0.2, -0.15) is 4.39 Å². The first-order chi connectivity index (χ1) is 7.13. The van der Waals surface area contributed by atoms with Crippen LogP contribution in [0.1, 0.15) is 5.56 Å². The van der Waals surface area contributed by atoms with Crippen molar-refractivity contribution in [3.05, 3.63) is 48.7 Å². The van der Waals surface area contributed by atoms with Gasteiger partial charge in [0.25, 0.3) is 0 Å². The van der Waals surface area contributed by atoms with Crippen molar-refractivity contribution in [2.45, 2.75) is 0 Å². The van der Waals surface area contributed by atoms with Crippen molar-refractivity contribution in [3.8, 4) is 0 Å². The maximum Gasteiger partial charge on any atom is 0.212 e. The lowest BCUT2D eigenvalue weighted by Crippen LogP contribution is -1.99. The van der Waals surface area contributed by atoms with Crippen LogP contribution in [0.15, 0.2) is 42.2 Å². The van der Waals surface area contributed by atoms with Gasteiger partial charge in [0, 0.05) is 23.7 Å². The van der Waals surface area contributed by atoms with Crippen LogP contribution in [0.25, 0.3) is 5.70 Å². The second kappa shape index (κ2) is 5.59. The Kier molecular flexibility index (Phi) is 4.41. The van der Waals surface area contributed by atoms with Crippen molar-refractivity contribution >= 4 is 32.0 Å². The largest absolute Gasteiger partial charge is 0.398 e. The topological polar surface area (TPSA) is 51.3 Å². The number of aromatic nitrogens is 1. The number of nitrogens with zero attached hydrogens (tertiary/aromatic N) is 2. The van der Waals surface area contributed by atoms with Gasteiger partial charge >= 0.3 is 0 Å². The molecule has 1 aromatic heterocycles. The van der Waals surface area contributed by atoms with Crippen LogP contribution in [0, 0.1) is 5.95 Å². The minimum atomic E-state index is -0.527. The van der Waals surface area contributed by atoms with Crippen molar-refractivity contribution in [1.29, 1.82) is 0 Å². The van der Waals surface area contributed by atoms with E-state index < -0.39 is 5.95 Å². The third-order valence-electron chi connectivity index (χ3n) is 1.55. The summed E-state index contributed by atoms with van der Waals surface area (Å²) in [5, 5.41) is 0. The van der Waals surface area contributed by atoms with E-state index in [1.165, 1.54) is 18.5 Å². The predicted molar refractivity (Wildman–Crippen MR) is 68.0 cm³/mol. The van der Waals surface area contributed by atoms with E-state index in [-0.39, 0.29) is 0 Å². The van der Waals surface area contributed by atoms with E-state index in [0.29, 0.717) is 15.0 Å². The molecule has 0 unspecified atom stereocenters. The zero-order valence-corrected chi connectivity index (χ0v) is 9.98. The summed E-state index contributed by atoms with van der Waals surface area (Å²) < 4.78 is 13.2. The Morgan fingerprint density at radius 1 is 1.60 bits per heavy atom. The van der Waals surface area contributed by atoms with Crippen LogP contribution in [0.2, 0.25) is 0 Å². The highest BCUT2D eigenvalue weighted by Crippen LogP contribution is 2.09. The highest BCUT2D eigenvalue weighted by Gasteiger charge is 1.98. The molecule has 0 spiro atoms. The fourth-order valence-electron chi connectivity index (χ4n) is 0.883. The predicted octanol–water partition coefficient (Wildman–Crippen LogP) is 2.50. The van der Waals surface area contributed by atoms with Crippen LogP contribution >= 0.6 is 22.6 Å². The quantitative estimate of drug-likeness (QED) is 0.529. The monoisotopic (exact) mass is 317 g/mol. The van der Waals surface area contributed by atoms with Crippen molar-refractivity contribution in [2.75, 3.05) is 0 Å². The van der Waals surface area contributed by atoms with Gasteiger partial charge in [0.15, 0.2) is 0 Å². The third-order valence-corrected chi connectivity index (χ3v) is 2.14. The third kappa shape index (κ3) is 3.78. The summed E-state index contributed by atoms with van der Waals surface area (Å²) in [6.07, 6.45) is 4.46. The van der Waals surface area contributed by atoms with Gasteiger partial charge in [-0.1, -0.05) is 6.58 Å². The normalized spacial score (nSPS) is 12.7. The molecule has 78 valence electrons. The minimum Gasteiger partial charge on any atom is -0.398 e. The van der Waals surface area contributed by atoms with Crippen LogP contribution < -0.4 is 5.73 Å². The van der Waals surface area contributed by atoms with E-state index in [1.54, 1.807) is 12.1 Å². The van der Waals surface area contributed by atoms with Crippen LogP contribution in [0.4, 0.5) is 4.39 Å². The maximum absolute atomic E-state index is 12.5. The SMILES string of the molecule is C=CN=C(I)/C=C(\N)c1ccc(F)nc1. The van der Waals surface area contributed by atoms with Crippen molar-refractivity contribution in [2.24, 2.45) is 10.7 Å². The van der Waals surface area contributed by atoms with Crippen LogP contribution in [0.5, 0.6) is 0 Å². The van der Waals surface area contributed by atoms with Crippen LogP contribution in [-0.4, -0.2) is 8.70 Å². The zero-order valence-electron chi connectivity index (χ0n) is 7.82. The number of halogens is 2. The molecule has 0 bridgehead atoms. The summed E-state index contributed by atoms with van der Waals surface area (Å²) >= 11 is 2.02. The maximum atomic E-state index is 12.5. The first-order valence-electron chi connectivity index (χ1n) is 4.07. The second-order valence-corrected chi connectivity index (χ2v) is 3.71. The molecule has 0 aliphatic rings. The standard InChI is InChI=1S/C10H9FIN3/c1-2-14-10(12)5-8(13)7-3-4-9(11)15-6-7/h2-6H,1,13H2/b8-5-,14-10?. The number of rotatable bonds is 3. The van der Waals surface area contributed by atoms with Crippen molar-refractivity contribution in [1.82, 2.24) is 4.98 Å². The average Bonchev–Trinajstić information content (AvgIpc) is 2.18. The molecule has 5 heteroatoms. The molecule has 1 heterocycles. The lowest BCUT2D eigenvalue weighted by atomic mass is 10.2. The Bertz CT molecular complexity index is 409. The zero-order chi connectivity index (χ0) is 11.3. The number of aliphatic imine (C=N–C) groups is 1. The van der Waals surface area contributed by atoms with E-state index in [1.807, 2.05) is 22.6 Å². The second-order valence-electron chi connectivity index (χ2n) is 2.60. The number of hydrogen-bond donors (Lipinski definition) is 1. The molecule has 0 amide bonds. The van der Waals surface area contributed by atoms with E-state index in [4.69, 9.17) is 5.73 Å². The van der Waals surface area contributed by atoms with Crippen LogP contribution in [0.3, 0.4) is 0 Å². The summed E-state index contributed by atoms with van der Waals surface area (Å²) in [6.45, 7) is 3.47. The van der Waals surface area contributed by atoms with Gasteiger partial charge in [0.1, 0.15) is 3.72 Å². The van der Waals surface area contributed by atoms with Gasteiger partial charge in [-0.15, -0.1) is 0 Å². The molecule has 15 heavy (non-hydrogen) atoms. The first-order valence-corrected chi connectivity index (χ1v) is 5.14. The summed E-state index contributed by atoms with van der Waals surface area (Å²) in [4.78, 5) is 7.43. The van der Waals surface area contributed by atoms with Crippen molar-refractivity contribution < 1.29 is 4.39 Å². The Morgan fingerprint density at radius 3 is 2.87 bits per heavy atom. The lowest BCUT2D eigenvalue weighted by molar-refractivity contribution is 0.583. The molecule has 0 radical (unpaired) electrons.